The molecular weight excluding hydrogens is 240 g/mol. The molecule has 14 heavy (non-hydrogen) atoms. The van der Waals surface area contributed by atoms with Crippen LogP contribution in [0.5, 0.6) is 0 Å². The molecule has 0 spiro atoms. The van der Waals surface area contributed by atoms with Gasteiger partial charge >= 0.3 is 0 Å². The Morgan fingerprint density at radius 3 is 2.00 bits per heavy atom. The third kappa shape index (κ3) is 2.80. The van der Waals surface area contributed by atoms with Gasteiger partial charge in [0.15, 0.2) is 0 Å². The first-order valence-electron chi connectivity index (χ1n) is 4.79. The molecule has 0 amide bonds. The molecule has 4 N–H and O–H groups in total. The highest BCUT2D eigenvalue weighted by Crippen LogP contribution is 2.19. The fraction of sp³-hybridized carbons (Fsp3) is 0.455. The van der Waals surface area contributed by atoms with Crippen LogP contribution >= 0.6 is 15.9 Å². The molecule has 1 aromatic rings. The predicted octanol–water partition coefficient (Wildman–Crippen LogP) is 2.43. The van der Waals surface area contributed by atoms with E-state index in [-0.39, 0.29) is 12.1 Å². The van der Waals surface area contributed by atoms with E-state index in [1.54, 1.807) is 0 Å². The molecule has 0 unspecified atom stereocenters. The second-order valence-corrected chi connectivity index (χ2v) is 4.81. The summed E-state index contributed by atoms with van der Waals surface area (Å²) in [4.78, 5) is 0. The number of nitrogens with two attached hydrogens (primary N) is 2. The molecule has 0 saturated heterocycles. The average Bonchev–Trinajstić information content (AvgIpc) is 2.16. The lowest BCUT2D eigenvalue weighted by atomic mass is 9.93. The maximum atomic E-state index is 6.05. The fourth-order valence-electron chi connectivity index (χ4n) is 1.32. The lowest BCUT2D eigenvalue weighted by molar-refractivity contribution is 0.423. The van der Waals surface area contributed by atoms with Crippen LogP contribution in [0, 0.1) is 5.92 Å². The maximum absolute atomic E-state index is 6.05. The van der Waals surface area contributed by atoms with E-state index in [0.29, 0.717) is 5.92 Å². The lowest BCUT2D eigenvalue weighted by Crippen LogP contribution is -2.38. The Morgan fingerprint density at radius 2 is 1.57 bits per heavy atom. The van der Waals surface area contributed by atoms with Gasteiger partial charge in [-0.2, -0.15) is 0 Å². The molecule has 3 heteroatoms. The van der Waals surface area contributed by atoms with Crippen LogP contribution in [-0.2, 0) is 0 Å². The minimum absolute atomic E-state index is 0.0103. The Kier molecular flexibility index (Phi) is 4.11. The van der Waals surface area contributed by atoms with Crippen LogP contribution in [0.4, 0.5) is 0 Å². The van der Waals surface area contributed by atoms with Gasteiger partial charge in [0.1, 0.15) is 0 Å². The number of hydrogen-bond acceptors (Lipinski definition) is 2. The van der Waals surface area contributed by atoms with Crippen molar-refractivity contribution in [2.75, 3.05) is 0 Å². The fourth-order valence-corrected chi connectivity index (χ4v) is 1.59. The Balaban J connectivity index is 2.78. The molecule has 0 bridgehead atoms. The molecule has 1 rings (SSSR count). The first-order chi connectivity index (χ1) is 6.52. The van der Waals surface area contributed by atoms with E-state index in [2.05, 4.69) is 29.8 Å². The van der Waals surface area contributed by atoms with Gasteiger partial charge < -0.3 is 11.5 Å². The van der Waals surface area contributed by atoms with Crippen molar-refractivity contribution >= 4 is 15.9 Å². The van der Waals surface area contributed by atoms with Gasteiger partial charge in [-0.3, -0.25) is 0 Å². The van der Waals surface area contributed by atoms with Crippen LogP contribution in [0.3, 0.4) is 0 Å². The van der Waals surface area contributed by atoms with Gasteiger partial charge in [-0.25, -0.2) is 0 Å². The Morgan fingerprint density at radius 1 is 1.07 bits per heavy atom. The topological polar surface area (TPSA) is 52.0 Å². The number of rotatable bonds is 3. The highest BCUT2D eigenvalue weighted by Gasteiger charge is 2.17. The monoisotopic (exact) mass is 256 g/mol. The minimum Gasteiger partial charge on any atom is -0.326 e. The van der Waals surface area contributed by atoms with Crippen molar-refractivity contribution in [1.29, 1.82) is 0 Å². The number of benzene rings is 1. The molecule has 0 saturated carbocycles. The summed E-state index contributed by atoms with van der Waals surface area (Å²) < 4.78 is 1.06. The predicted molar refractivity (Wildman–Crippen MR) is 63.9 cm³/mol. The summed E-state index contributed by atoms with van der Waals surface area (Å²) in [6.07, 6.45) is 0. The summed E-state index contributed by atoms with van der Waals surface area (Å²) >= 11 is 3.39. The zero-order chi connectivity index (χ0) is 10.7. The molecule has 2 nitrogen and oxygen atoms in total. The maximum Gasteiger partial charge on any atom is 0.0451 e. The van der Waals surface area contributed by atoms with E-state index in [1.165, 1.54) is 0 Å². The number of halogens is 1. The average molecular weight is 257 g/mol. The molecule has 78 valence electrons. The van der Waals surface area contributed by atoms with Crippen molar-refractivity contribution in [2.45, 2.75) is 25.9 Å². The first-order valence-corrected chi connectivity index (χ1v) is 5.58. The molecule has 0 aliphatic carbocycles. The molecule has 0 fully saturated rings. The van der Waals surface area contributed by atoms with Crippen molar-refractivity contribution in [3.8, 4) is 0 Å². The van der Waals surface area contributed by atoms with Gasteiger partial charge in [0.2, 0.25) is 0 Å². The molecule has 1 aromatic carbocycles. The van der Waals surface area contributed by atoms with Crippen molar-refractivity contribution in [2.24, 2.45) is 17.4 Å². The highest BCUT2D eigenvalue weighted by molar-refractivity contribution is 9.10. The van der Waals surface area contributed by atoms with Crippen LogP contribution in [-0.4, -0.2) is 6.04 Å². The van der Waals surface area contributed by atoms with Crippen molar-refractivity contribution < 1.29 is 0 Å². The van der Waals surface area contributed by atoms with Crippen molar-refractivity contribution in [1.82, 2.24) is 0 Å². The second kappa shape index (κ2) is 4.91. The van der Waals surface area contributed by atoms with Crippen molar-refractivity contribution in [3.05, 3.63) is 34.3 Å². The summed E-state index contributed by atoms with van der Waals surface area (Å²) in [5.74, 6) is 0.397. The van der Waals surface area contributed by atoms with Crippen LogP contribution in [0.15, 0.2) is 28.7 Å². The lowest BCUT2D eigenvalue weighted by Gasteiger charge is -2.23. The summed E-state index contributed by atoms with van der Waals surface area (Å²) in [6.45, 7) is 4.17. The zero-order valence-corrected chi connectivity index (χ0v) is 10.2. The second-order valence-electron chi connectivity index (χ2n) is 3.90. The third-order valence-corrected chi connectivity index (χ3v) is 2.97. The normalized spacial score (nSPS) is 15.6. The Labute approximate surface area is 93.8 Å². The first kappa shape index (κ1) is 11.7. The zero-order valence-electron chi connectivity index (χ0n) is 8.57. The van der Waals surface area contributed by atoms with Crippen LogP contribution in [0.2, 0.25) is 0 Å². The van der Waals surface area contributed by atoms with Crippen LogP contribution in [0.25, 0.3) is 0 Å². The quantitative estimate of drug-likeness (QED) is 0.873. The summed E-state index contributed by atoms with van der Waals surface area (Å²) in [5, 5.41) is 0. The Hall–Kier alpha value is -0.380. The van der Waals surface area contributed by atoms with Gasteiger partial charge in [-0.1, -0.05) is 41.9 Å². The molecule has 0 aromatic heterocycles. The van der Waals surface area contributed by atoms with Gasteiger partial charge in [-0.15, -0.1) is 0 Å². The molecule has 2 atom stereocenters. The standard InChI is InChI=1S/C11H17BrN2/c1-7(2)10(13)11(14)8-3-5-9(12)6-4-8/h3-7,10-11H,13-14H2,1-2H3/t10-,11+/m1/s1. The molecule has 0 radical (unpaired) electrons. The molecule has 0 aliphatic rings. The molecule has 0 heterocycles. The van der Waals surface area contributed by atoms with Gasteiger partial charge in [0, 0.05) is 16.6 Å². The minimum atomic E-state index is -0.0805. The van der Waals surface area contributed by atoms with E-state index in [1.807, 2.05) is 24.3 Å². The third-order valence-electron chi connectivity index (χ3n) is 2.44. The van der Waals surface area contributed by atoms with E-state index in [0.717, 1.165) is 10.0 Å². The van der Waals surface area contributed by atoms with Crippen molar-refractivity contribution in [3.63, 3.8) is 0 Å². The highest BCUT2D eigenvalue weighted by atomic mass is 79.9. The smallest absolute Gasteiger partial charge is 0.0451 e. The van der Waals surface area contributed by atoms with Crippen LogP contribution in [0.1, 0.15) is 25.5 Å². The largest absolute Gasteiger partial charge is 0.326 e. The van der Waals surface area contributed by atoms with Crippen LogP contribution < -0.4 is 11.5 Å². The van der Waals surface area contributed by atoms with Gasteiger partial charge in [-0.05, 0) is 23.6 Å². The van der Waals surface area contributed by atoms with Gasteiger partial charge in [0.25, 0.3) is 0 Å². The Bertz CT molecular complexity index is 282. The number of hydrogen-bond donors (Lipinski definition) is 2. The van der Waals surface area contributed by atoms with E-state index in [4.69, 9.17) is 11.5 Å². The van der Waals surface area contributed by atoms with E-state index >= 15 is 0 Å². The molecular formula is C11H17BrN2. The summed E-state index contributed by atoms with van der Waals surface area (Å²) in [7, 11) is 0. The van der Waals surface area contributed by atoms with E-state index < -0.39 is 0 Å². The SMILES string of the molecule is CC(C)[C@@H](N)[C@@H](N)c1ccc(Br)cc1. The summed E-state index contributed by atoms with van der Waals surface area (Å²) in [5.41, 5.74) is 13.1. The van der Waals surface area contributed by atoms with Gasteiger partial charge in [0.05, 0.1) is 0 Å². The molecule has 0 aliphatic heterocycles. The summed E-state index contributed by atoms with van der Waals surface area (Å²) in [6, 6.07) is 7.93. The van der Waals surface area contributed by atoms with E-state index in [9.17, 15) is 0 Å².